The molecule has 0 fully saturated rings. The van der Waals surface area contributed by atoms with Crippen LogP contribution in [0, 0.1) is 25.2 Å². The summed E-state index contributed by atoms with van der Waals surface area (Å²) in [5, 5.41) is 11.7. The number of hydrogen-bond donors (Lipinski definition) is 1. The number of hydrogen-bond acceptors (Lipinski definition) is 4. The lowest BCUT2D eigenvalue weighted by molar-refractivity contribution is -0.118. The van der Waals surface area contributed by atoms with E-state index in [9.17, 15) is 4.79 Å². The first kappa shape index (κ1) is 16.6. The number of carbonyl (C=O) groups is 1. The molecule has 0 atom stereocenters. The fourth-order valence-corrected chi connectivity index (χ4v) is 2.20. The molecule has 1 heterocycles. The van der Waals surface area contributed by atoms with Gasteiger partial charge in [0.05, 0.1) is 0 Å². The number of benzene rings is 1. The summed E-state index contributed by atoms with van der Waals surface area (Å²) in [4.78, 5) is 11.9. The standard InChI is InChI=1S/C18H20N2O3/c1-4-5-14-6-8-15(9-7-14)22-11-17(21)20-18-16(10-19)12(2)13(3)23-18/h6-9H,4-5,11H2,1-3H3,(H,20,21). The molecule has 5 heteroatoms. The third kappa shape index (κ3) is 4.13. The molecule has 23 heavy (non-hydrogen) atoms. The molecular formula is C18H20N2O3. The van der Waals surface area contributed by atoms with Gasteiger partial charge in [-0.25, -0.2) is 0 Å². The van der Waals surface area contributed by atoms with Crippen molar-refractivity contribution < 1.29 is 13.9 Å². The highest BCUT2D eigenvalue weighted by Crippen LogP contribution is 2.25. The number of nitrogens with one attached hydrogen (secondary N) is 1. The van der Waals surface area contributed by atoms with E-state index < -0.39 is 0 Å². The van der Waals surface area contributed by atoms with Gasteiger partial charge in [0, 0.05) is 5.56 Å². The van der Waals surface area contributed by atoms with Gasteiger partial charge in [0.25, 0.3) is 5.91 Å². The van der Waals surface area contributed by atoms with Crippen molar-refractivity contribution in [1.29, 1.82) is 5.26 Å². The summed E-state index contributed by atoms with van der Waals surface area (Å²) in [6.07, 6.45) is 2.11. The van der Waals surface area contributed by atoms with Crippen LogP contribution in [0.5, 0.6) is 5.75 Å². The van der Waals surface area contributed by atoms with Crippen LogP contribution in [0.3, 0.4) is 0 Å². The second kappa shape index (κ2) is 7.50. The maximum Gasteiger partial charge on any atom is 0.264 e. The highest BCUT2D eigenvalue weighted by molar-refractivity contribution is 5.92. The Kier molecular flexibility index (Phi) is 5.42. The normalized spacial score (nSPS) is 10.2. The van der Waals surface area contributed by atoms with Gasteiger partial charge in [-0.2, -0.15) is 5.26 Å². The molecule has 5 nitrogen and oxygen atoms in total. The van der Waals surface area contributed by atoms with Crippen LogP contribution in [0.2, 0.25) is 0 Å². The first-order chi connectivity index (χ1) is 11.0. The van der Waals surface area contributed by atoms with Gasteiger partial charge in [-0.15, -0.1) is 0 Å². The first-order valence-corrected chi connectivity index (χ1v) is 7.56. The fourth-order valence-electron chi connectivity index (χ4n) is 2.20. The molecule has 2 rings (SSSR count). The molecule has 1 aromatic heterocycles. The molecular weight excluding hydrogens is 292 g/mol. The van der Waals surface area contributed by atoms with Crippen molar-refractivity contribution in [3.8, 4) is 11.8 Å². The minimum atomic E-state index is -0.368. The van der Waals surface area contributed by atoms with Crippen LogP contribution in [0.25, 0.3) is 0 Å². The van der Waals surface area contributed by atoms with Crippen LogP contribution >= 0.6 is 0 Å². The lowest BCUT2D eigenvalue weighted by atomic mass is 10.1. The summed E-state index contributed by atoms with van der Waals surface area (Å²) in [6.45, 7) is 5.51. The highest BCUT2D eigenvalue weighted by atomic mass is 16.5. The molecule has 0 radical (unpaired) electrons. The van der Waals surface area contributed by atoms with E-state index in [0.717, 1.165) is 18.4 Å². The molecule has 0 aliphatic carbocycles. The van der Waals surface area contributed by atoms with E-state index in [0.29, 0.717) is 17.1 Å². The highest BCUT2D eigenvalue weighted by Gasteiger charge is 2.16. The molecule has 1 N–H and O–H groups in total. The lowest BCUT2D eigenvalue weighted by Gasteiger charge is -2.07. The third-order valence-corrected chi connectivity index (χ3v) is 3.58. The van der Waals surface area contributed by atoms with Crippen LogP contribution < -0.4 is 10.1 Å². The number of carbonyl (C=O) groups excluding carboxylic acids is 1. The summed E-state index contributed by atoms with van der Waals surface area (Å²) in [7, 11) is 0. The molecule has 0 spiro atoms. The van der Waals surface area contributed by atoms with Crippen LogP contribution in [-0.2, 0) is 11.2 Å². The largest absolute Gasteiger partial charge is 0.484 e. The molecule has 0 bridgehead atoms. The Bertz CT molecular complexity index is 724. The lowest BCUT2D eigenvalue weighted by Crippen LogP contribution is -2.20. The van der Waals surface area contributed by atoms with Gasteiger partial charge < -0.3 is 9.15 Å². The summed E-state index contributed by atoms with van der Waals surface area (Å²) < 4.78 is 10.8. The van der Waals surface area contributed by atoms with Crippen molar-refractivity contribution in [2.24, 2.45) is 0 Å². The van der Waals surface area contributed by atoms with Crippen LogP contribution in [-0.4, -0.2) is 12.5 Å². The fraction of sp³-hybridized carbons (Fsp3) is 0.333. The average molecular weight is 312 g/mol. The first-order valence-electron chi connectivity index (χ1n) is 7.56. The van der Waals surface area contributed by atoms with E-state index in [-0.39, 0.29) is 18.4 Å². The second-order valence-corrected chi connectivity index (χ2v) is 5.33. The molecule has 0 aliphatic heterocycles. The van der Waals surface area contributed by atoms with Gasteiger partial charge in [0.15, 0.2) is 6.61 Å². The van der Waals surface area contributed by atoms with E-state index in [1.165, 1.54) is 5.56 Å². The zero-order valence-electron chi connectivity index (χ0n) is 13.6. The van der Waals surface area contributed by atoms with Crippen molar-refractivity contribution in [3.05, 3.63) is 46.7 Å². The predicted molar refractivity (Wildman–Crippen MR) is 87.5 cm³/mol. The number of amides is 1. The number of nitriles is 1. The van der Waals surface area contributed by atoms with Crippen LogP contribution in [0.1, 0.15) is 35.8 Å². The summed E-state index contributed by atoms with van der Waals surface area (Å²) in [5.41, 5.74) is 2.32. The van der Waals surface area contributed by atoms with Crippen molar-refractivity contribution in [1.82, 2.24) is 0 Å². The van der Waals surface area contributed by atoms with Crippen molar-refractivity contribution in [2.75, 3.05) is 11.9 Å². The minimum Gasteiger partial charge on any atom is -0.484 e. The van der Waals surface area contributed by atoms with Crippen molar-refractivity contribution in [3.63, 3.8) is 0 Å². The monoisotopic (exact) mass is 312 g/mol. The molecule has 1 aromatic carbocycles. The van der Waals surface area contributed by atoms with Crippen LogP contribution in [0.4, 0.5) is 5.88 Å². The molecule has 0 saturated heterocycles. The molecule has 0 unspecified atom stereocenters. The number of aryl methyl sites for hydroxylation is 2. The topological polar surface area (TPSA) is 75.3 Å². The quantitative estimate of drug-likeness (QED) is 0.881. The number of nitrogens with zero attached hydrogens (tertiary/aromatic N) is 1. The molecule has 120 valence electrons. The Morgan fingerprint density at radius 3 is 2.61 bits per heavy atom. The zero-order valence-corrected chi connectivity index (χ0v) is 13.6. The van der Waals surface area contributed by atoms with E-state index in [2.05, 4.69) is 12.2 Å². The third-order valence-electron chi connectivity index (χ3n) is 3.58. The van der Waals surface area contributed by atoms with Crippen LogP contribution in [0.15, 0.2) is 28.7 Å². The van der Waals surface area contributed by atoms with Crippen molar-refractivity contribution >= 4 is 11.8 Å². The number of anilines is 1. The number of furan rings is 1. The Hall–Kier alpha value is -2.74. The van der Waals surface area contributed by atoms with Crippen molar-refractivity contribution in [2.45, 2.75) is 33.6 Å². The predicted octanol–water partition coefficient (Wildman–Crippen LogP) is 3.74. The van der Waals surface area contributed by atoms with E-state index in [4.69, 9.17) is 14.4 Å². The van der Waals surface area contributed by atoms with E-state index >= 15 is 0 Å². The summed E-state index contributed by atoms with van der Waals surface area (Å²) in [6, 6.07) is 9.71. The Morgan fingerprint density at radius 2 is 2.00 bits per heavy atom. The Morgan fingerprint density at radius 1 is 1.30 bits per heavy atom. The van der Waals surface area contributed by atoms with E-state index in [1.807, 2.05) is 30.3 Å². The Labute approximate surface area is 135 Å². The molecule has 0 aliphatic rings. The maximum atomic E-state index is 11.9. The smallest absolute Gasteiger partial charge is 0.264 e. The summed E-state index contributed by atoms with van der Waals surface area (Å²) >= 11 is 0. The average Bonchev–Trinajstić information content (AvgIpc) is 2.80. The van der Waals surface area contributed by atoms with Gasteiger partial charge in [-0.3, -0.25) is 10.1 Å². The molecule has 2 aromatic rings. The van der Waals surface area contributed by atoms with Gasteiger partial charge in [-0.05, 0) is 38.0 Å². The minimum absolute atomic E-state index is 0.142. The number of ether oxygens (including phenoxy) is 1. The molecule has 1 amide bonds. The second-order valence-electron chi connectivity index (χ2n) is 5.33. The SMILES string of the molecule is CCCc1ccc(OCC(=O)Nc2oc(C)c(C)c2C#N)cc1. The van der Waals surface area contributed by atoms with Gasteiger partial charge >= 0.3 is 0 Å². The zero-order chi connectivity index (χ0) is 16.8. The molecule has 0 saturated carbocycles. The maximum absolute atomic E-state index is 11.9. The summed E-state index contributed by atoms with van der Waals surface area (Å²) in [5.74, 6) is 1.05. The van der Waals surface area contributed by atoms with Gasteiger partial charge in [0.2, 0.25) is 5.88 Å². The number of rotatable bonds is 6. The van der Waals surface area contributed by atoms with Gasteiger partial charge in [0.1, 0.15) is 23.1 Å². The Balaban J connectivity index is 1.93. The van der Waals surface area contributed by atoms with Gasteiger partial charge in [-0.1, -0.05) is 25.5 Å². The van der Waals surface area contributed by atoms with E-state index in [1.54, 1.807) is 13.8 Å².